The molecule has 1 aromatic carbocycles. The van der Waals surface area contributed by atoms with Crippen molar-refractivity contribution in [3.05, 3.63) is 47.9 Å². The van der Waals surface area contributed by atoms with Crippen molar-refractivity contribution in [3.63, 3.8) is 0 Å². The molecule has 1 saturated heterocycles. The van der Waals surface area contributed by atoms with Crippen LogP contribution in [-0.2, 0) is 9.84 Å². The van der Waals surface area contributed by atoms with Gasteiger partial charge in [0.05, 0.1) is 11.5 Å². The van der Waals surface area contributed by atoms with Gasteiger partial charge in [0.25, 0.3) is 5.91 Å². The molecule has 0 bridgehead atoms. The first-order chi connectivity index (χ1) is 11.8. The number of carbonyl (C=O) groups excluding carboxylic acids is 1. The maximum Gasteiger partial charge on any atom is 0.274 e. The lowest BCUT2D eigenvalue weighted by Crippen LogP contribution is -2.38. The van der Waals surface area contributed by atoms with E-state index in [9.17, 15) is 17.6 Å². The van der Waals surface area contributed by atoms with E-state index in [0.717, 1.165) is 0 Å². The van der Waals surface area contributed by atoms with E-state index in [1.165, 1.54) is 23.1 Å². The van der Waals surface area contributed by atoms with Crippen molar-refractivity contribution in [3.8, 4) is 0 Å². The second-order valence-electron chi connectivity index (χ2n) is 5.91. The third kappa shape index (κ3) is 4.11. The Bertz CT molecular complexity index is 869. The Hall–Kier alpha value is -2.55. The fraction of sp³-hybridized carbons (Fsp3) is 0.312. The number of benzene rings is 1. The summed E-state index contributed by atoms with van der Waals surface area (Å²) >= 11 is 0. The Kier molecular flexibility index (Phi) is 4.67. The van der Waals surface area contributed by atoms with Crippen LogP contribution in [0.1, 0.15) is 16.9 Å². The van der Waals surface area contributed by atoms with Gasteiger partial charge >= 0.3 is 0 Å². The highest BCUT2D eigenvalue weighted by Crippen LogP contribution is 2.19. The van der Waals surface area contributed by atoms with Crippen LogP contribution >= 0.6 is 0 Å². The van der Waals surface area contributed by atoms with E-state index in [1.54, 1.807) is 25.2 Å². The van der Waals surface area contributed by atoms with Gasteiger partial charge in [0.1, 0.15) is 5.82 Å². The number of hydrogen-bond acceptors (Lipinski definition) is 6. The van der Waals surface area contributed by atoms with Crippen molar-refractivity contribution >= 4 is 27.2 Å². The molecule has 2 heterocycles. The zero-order valence-electron chi connectivity index (χ0n) is 13.5. The maximum atomic E-state index is 12.9. The normalized spacial score (nSPS) is 18.7. The highest BCUT2D eigenvalue weighted by Gasteiger charge is 2.33. The van der Waals surface area contributed by atoms with Crippen LogP contribution < -0.4 is 5.32 Å². The summed E-state index contributed by atoms with van der Waals surface area (Å²) in [6.07, 6.45) is 0.433. The summed E-state index contributed by atoms with van der Waals surface area (Å²) < 4.78 is 36.0. The number of hydrogen-bond donors (Lipinski definition) is 1. The number of aromatic nitrogens is 2. The Balaban J connectivity index is 1.67. The fourth-order valence-corrected chi connectivity index (χ4v) is 4.40. The number of nitrogens with one attached hydrogen (secondary N) is 1. The monoisotopic (exact) mass is 364 g/mol. The summed E-state index contributed by atoms with van der Waals surface area (Å²) in [5.74, 6) is -0.222. The van der Waals surface area contributed by atoms with Gasteiger partial charge in [-0.3, -0.25) is 4.79 Å². The molecule has 3 rings (SSSR count). The van der Waals surface area contributed by atoms with Gasteiger partial charge < -0.3 is 10.2 Å². The number of amides is 1. The van der Waals surface area contributed by atoms with E-state index in [2.05, 4.69) is 15.5 Å². The van der Waals surface area contributed by atoms with Crippen LogP contribution in [0, 0.1) is 5.82 Å². The first kappa shape index (κ1) is 17.3. The van der Waals surface area contributed by atoms with Gasteiger partial charge in [0.15, 0.2) is 21.3 Å². The Morgan fingerprint density at radius 1 is 1.20 bits per heavy atom. The average Bonchev–Trinajstić information content (AvgIpc) is 2.96. The molecule has 0 spiro atoms. The lowest BCUT2D eigenvalue weighted by atomic mass is 10.2. The third-order valence-electron chi connectivity index (χ3n) is 4.08. The van der Waals surface area contributed by atoms with Crippen LogP contribution in [-0.4, -0.2) is 54.0 Å². The molecule has 1 aromatic heterocycles. The lowest BCUT2D eigenvalue weighted by Gasteiger charge is -2.22. The van der Waals surface area contributed by atoms with Crippen molar-refractivity contribution in [2.45, 2.75) is 12.5 Å². The van der Waals surface area contributed by atoms with Gasteiger partial charge in [0.2, 0.25) is 0 Å². The molecule has 1 unspecified atom stereocenters. The molecule has 1 aliphatic heterocycles. The zero-order valence-corrected chi connectivity index (χ0v) is 14.3. The lowest BCUT2D eigenvalue weighted by molar-refractivity contribution is 0.0740. The number of anilines is 2. The van der Waals surface area contributed by atoms with E-state index < -0.39 is 9.84 Å². The van der Waals surface area contributed by atoms with Crippen molar-refractivity contribution in [1.29, 1.82) is 0 Å². The largest absolute Gasteiger partial charge is 0.339 e. The van der Waals surface area contributed by atoms with E-state index >= 15 is 0 Å². The third-order valence-corrected chi connectivity index (χ3v) is 5.83. The Morgan fingerprint density at radius 3 is 2.48 bits per heavy atom. The van der Waals surface area contributed by atoms with Gasteiger partial charge in [-0.05, 0) is 42.8 Å². The fourth-order valence-electron chi connectivity index (χ4n) is 2.62. The number of nitrogens with zero attached hydrogens (tertiary/aromatic N) is 3. The number of rotatable bonds is 4. The van der Waals surface area contributed by atoms with Crippen molar-refractivity contribution in [2.24, 2.45) is 0 Å². The minimum Gasteiger partial charge on any atom is -0.339 e. The SMILES string of the molecule is CN(C(=O)c1ccc(Nc2ccc(F)cc2)nn1)C1CCS(=O)(=O)C1. The minimum absolute atomic E-state index is 0.0210. The quantitative estimate of drug-likeness (QED) is 0.886. The summed E-state index contributed by atoms with van der Waals surface area (Å²) in [4.78, 5) is 13.8. The molecule has 0 aliphatic carbocycles. The van der Waals surface area contributed by atoms with E-state index in [4.69, 9.17) is 0 Å². The smallest absolute Gasteiger partial charge is 0.274 e. The van der Waals surface area contributed by atoms with Crippen molar-refractivity contribution < 1.29 is 17.6 Å². The highest BCUT2D eigenvalue weighted by atomic mass is 32.2. The van der Waals surface area contributed by atoms with Crippen LogP contribution in [0.15, 0.2) is 36.4 Å². The Labute approximate surface area is 144 Å². The molecule has 1 aliphatic rings. The van der Waals surface area contributed by atoms with Crippen molar-refractivity contribution in [2.75, 3.05) is 23.9 Å². The van der Waals surface area contributed by atoms with Crippen LogP contribution in [0.4, 0.5) is 15.9 Å². The molecule has 0 saturated carbocycles. The average molecular weight is 364 g/mol. The first-order valence-corrected chi connectivity index (χ1v) is 9.50. The summed E-state index contributed by atoms with van der Waals surface area (Å²) in [6, 6.07) is 8.52. The molecule has 0 radical (unpaired) electrons. The molecule has 9 heteroatoms. The van der Waals surface area contributed by atoms with E-state index in [-0.39, 0.29) is 35.0 Å². The van der Waals surface area contributed by atoms with E-state index in [1.807, 2.05) is 0 Å². The molecule has 132 valence electrons. The zero-order chi connectivity index (χ0) is 18.0. The molecule has 1 N–H and O–H groups in total. The molecular weight excluding hydrogens is 347 g/mol. The molecular formula is C16H17FN4O3S. The van der Waals surface area contributed by atoms with Crippen LogP contribution in [0.25, 0.3) is 0 Å². The predicted molar refractivity (Wildman–Crippen MR) is 90.9 cm³/mol. The predicted octanol–water partition coefficient (Wildman–Crippen LogP) is 1.62. The molecule has 1 atom stereocenters. The standard InChI is InChI=1S/C16H17FN4O3S/c1-21(13-8-9-25(23,24)10-13)16(22)14-6-7-15(20-19-14)18-12-4-2-11(17)3-5-12/h2-7,13H,8-10H2,1H3,(H,18,20). The second kappa shape index (κ2) is 6.75. The van der Waals surface area contributed by atoms with Gasteiger partial charge in [-0.15, -0.1) is 10.2 Å². The number of carbonyl (C=O) groups is 1. The summed E-state index contributed by atoms with van der Waals surface area (Å²) in [5, 5.41) is 10.8. The Morgan fingerprint density at radius 2 is 1.92 bits per heavy atom. The van der Waals surface area contributed by atoms with Gasteiger partial charge in [-0.2, -0.15) is 0 Å². The van der Waals surface area contributed by atoms with Crippen LogP contribution in [0.3, 0.4) is 0 Å². The van der Waals surface area contributed by atoms with Gasteiger partial charge in [0, 0.05) is 18.8 Å². The van der Waals surface area contributed by atoms with E-state index in [0.29, 0.717) is 17.9 Å². The number of halogens is 1. The van der Waals surface area contributed by atoms with Gasteiger partial charge in [-0.25, -0.2) is 12.8 Å². The van der Waals surface area contributed by atoms with Crippen LogP contribution in [0.5, 0.6) is 0 Å². The number of sulfone groups is 1. The van der Waals surface area contributed by atoms with Crippen LogP contribution in [0.2, 0.25) is 0 Å². The van der Waals surface area contributed by atoms with Crippen molar-refractivity contribution in [1.82, 2.24) is 15.1 Å². The molecule has 7 nitrogen and oxygen atoms in total. The molecule has 1 fully saturated rings. The molecule has 25 heavy (non-hydrogen) atoms. The molecule has 1 amide bonds. The van der Waals surface area contributed by atoms with Gasteiger partial charge in [-0.1, -0.05) is 0 Å². The summed E-state index contributed by atoms with van der Waals surface area (Å²) in [7, 11) is -1.50. The minimum atomic E-state index is -3.07. The summed E-state index contributed by atoms with van der Waals surface area (Å²) in [5.41, 5.74) is 0.777. The topological polar surface area (TPSA) is 92.3 Å². The highest BCUT2D eigenvalue weighted by molar-refractivity contribution is 7.91. The molecule has 2 aromatic rings. The first-order valence-electron chi connectivity index (χ1n) is 7.68. The summed E-state index contributed by atoms with van der Waals surface area (Å²) in [6.45, 7) is 0. The maximum absolute atomic E-state index is 12.9. The second-order valence-corrected chi connectivity index (χ2v) is 8.14.